The van der Waals surface area contributed by atoms with Crippen molar-refractivity contribution in [3.05, 3.63) is 11.4 Å². The summed E-state index contributed by atoms with van der Waals surface area (Å²) < 4.78 is 10.4. The highest BCUT2D eigenvalue weighted by molar-refractivity contribution is 6.63. The van der Waals surface area contributed by atoms with Crippen LogP contribution in [-0.4, -0.2) is 84.4 Å². The summed E-state index contributed by atoms with van der Waals surface area (Å²) in [7, 11) is 1.87. The van der Waals surface area contributed by atoms with Gasteiger partial charge in [0.05, 0.1) is 31.0 Å². The number of alkyl carbamates (subject to hydrolysis) is 1. The van der Waals surface area contributed by atoms with Crippen LogP contribution in [0.25, 0.3) is 0 Å². The molecule has 0 bridgehead atoms. The first-order valence-corrected chi connectivity index (χ1v) is 9.30. The fraction of sp³-hybridized carbons (Fsp3) is 0.647. The van der Waals surface area contributed by atoms with Gasteiger partial charge in [0.2, 0.25) is 0 Å². The third kappa shape index (κ3) is 4.81. The number of amides is 3. The Labute approximate surface area is 168 Å². The molecule has 0 saturated carbocycles. The molecule has 28 heavy (non-hydrogen) atoms. The van der Waals surface area contributed by atoms with Gasteiger partial charge in [-0.25, -0.2) is 4.79 Å². The predicted octanol–water partition coefficient (Wildman–Crippen LogP) is 0.864. The van der Waals surface area contributed by atoms with E-state index in [0.29, 0.717) is 19.7 Å². The molecule has 2 aliphatic rings. The number of halogens is 1. The second-order valence-electron chi connectivity index (χ2n) is 7.08. The summed E-state index contributed by atoms with van der Waals surface area (Å²) >= 11 is 5.65. The molecule has 0 aromatic heterocycles. The van der Waals surface area contributed by atoms with Crippen LogP contribution < -0.4 is 10.6 Å². The van der Waals surface area contributed by atoms with Gasteiger partial charge in [-0.15, -0.1) is 0 Å². The van der Waals surface area contributed by atoms with E-state index < -0.39 is 29.0 Å². The topological polar surface area (TPSA) is 124 Å². The molecule has 0 aromatic carbocycles. The number of likely N-dealkylation sites (tertiary alicyclic amines) is 1. The average Bonchev–Trinajstić information content (AvgIpc) is 2.84. The summed E-state index contributed by atoms with van der Waals surface area (Å²) in [5.74, 6) is -0.481. The lowest BCUT2D eigenvalue weighted by Crippen LogP contribution is -2.50. The normalized spacial score (nSPS) is 24.0. The van der Waals surface area contributed by atoms with Crippen LogP contribution in [0, 0.1) is 5.41 Å². The molecule has 2 fully saturated rings. The molecule has 0 spiro atoms. The van der Waals surface area contributed by atoms with Crippen LogP contribution in [0.2, 0.25) is 0 Å². The Morgan fingerprint density at radius 2 is 2.04 bits per heavy atom. The van der Waals surface area contributed by atoms with E-state index in [-0.39, 0.29) is 30.3 Å². The first-order valence-electron chi connectivity index (χ1n) is 8.92. The van der Waals surface area contributed by atoms with Crippen molar-refractivity contribution in [2.45, 2.75) is 32.4 Å². The summed E-state index contributed by atoms with van der Waals surface area (Å²) in [6.07, 6.45) is -1.51. The molecule has 0 aromatic rings. The maximum Gasteiger partial charge on any atom is 0.412 e. The minimum atomic E-state index is -0.998. The van der Waals surface area contributed by atoms with Gasteiger partial charge in [-0.3, -0.25) is 14.9 Å². The van der Waals surface area contributed by atoms with Gasteiger partial charge < -0.3 is 30.0 Å². The minimum Gasteiger partial charge on any atom is -0.450 e. The molecule has 3 N–H and O–H groups in total. The molecule has 2 heterocycles. The SMILES string of the molecule is CCOC(=O)N/C(NC(=O)C1CN(C)CCO1)=C1/CN(C(=O)Cl)C(C)(C)C1=N. The second-order valence-corrected chi connectivity index (χ2v) is 7.41. The monoisotopic (exact) mass is 415 g/mol. The predicted molar refractivity (Wildman–Crippen MR) is 102 cm³/mol. The molecule has 1 unspecified atom stereocenters. The van der Waals surface area contributed by atoms with E-state index in [9.17, 15) is 14.4 Å². The van der Waals surface area contributed by atoms with E-state index in [1.54, 1.807) is 20.8 Å². The van der Waals surface area contributed by atoms with Crippen molar-refractivity contribution in [3.8, 4) is 0 Å². The Hall–Kier alpha value is -2.17. The summed E-state index contributed by atoms with van der Waals surface area (Å²) in [5.41, 5.74) is -0.679. The number of ether oxygens (including phenoxy) is 2. The molecule has 156 valence electrons. The van der Waals surface area contributed by atoms with Crippen LogP contribution >= 0.6 is 11.6 Å². The highest BCUT2D eigenvalue weighted by Crippen LogP contribution is 2.31. The van der Waals surface area contributed by atoms with Gasteiger partial charge in [0, 0.05) is 18.7 Å². The van der Waals surface area contributed by atoms with E-state index in [1.165, 1.54) is 4.90 Å². The van der Waals surface area contributed by atoms with Gasteiger partial charge in [-0.2, -0.15) is 0 Å². The van der Waals surface area contributed by atoms with Gasteiger partial charge in [0.1, 0.15) is 11.9 Å². The number of nitrogens with one attached hydrogen (secondary N) is 3. The molecular weight excluding hydrogens is 390 g/mol. The number of carbonyl (C=O) groups excluding carboxylic acids is 3. The number of carbonyl (C=O) groups is 3. The zero-order chi connectivity index (χ0) is 21.1. The van der Waals surface area contributed by atoms with Crippen molar-refractivity contribution in [2.75, 3.05) is 39.9 Å². The van der Waals surface area contributed by atoms with Gasteiger partial charge in [-0.1, -0.05) is 0 Å². The summed E-state index contributed by atoms with van der Waals surface area (Å²) in [4.78, 5) is 39.6. The molecule has 10 nitrogen and oxygen atoms in total. The highest BCUT2D eigenvalue weighted by atomic mass is 35.5. The zero-order valence-corrected chi connectivity index (χ0v) is 17.2. The lowest BCUT2D eigenvalue weighted by atomic mass is 9.97. The lowest BCUT2D eigenvalue weighted by molar-refractivity contribution is -0.137. The van der Waals surface area contributed by atoms with E-state index in [2.05, 4.69) is 10.6 Å². The third-order valence-electron chi connectivity index (χ3n) is 4.73. The molecule has 3 amide bonds. The van der Waals surface area contributed by atoms with E-state index in [0.717, 1.165) is 0 Å². The maximum atomic E-state index is 12.7. The summed E-state index contributed by atoms with van der Waals surface area (Å²) in [5, 5.41) is 12.8. The summed E-state index contributed by atoms with van der Waals surface area (Å²) in [6, 6.07) is 0. The first kappa shape index (κ1) is 22.1. The molecule has 2 rings (SSSR count). The van der Waals surface area contributed by atoms with Gasteiger partial charge >= 0.3 is 11.5 Å². The average molecular weight is 416 g/mol. The Kier molecular flexibility index (Phi) is 7.02. The van der Waals surface area contributed by atoms with Crippen molar-refractivity contribution in [1.29, 1.82) is 5.41 Å². The molecule has 2 saturated heterocycles. The Bertz CT molecular complexity index is 708. The fourth-order valence-corrected chi connectivity index (χ4v) is 3.29. The molecule has 2 aliphatic heterocycles. The number of hydrogen-bond acceptors (Lipinski definition) is 7. The van der Waals surface area contributed by atoms with E-state index in [1.807, 2.05) is 11.9 Å². The van der Waals surface area contributed by atoms with Crippen molar-refractivity contribution < 1.29 is 23.9 Å². The molecule has 1 atom stereocenters. The number of nitrogens with zero attached hydrogens (tertiary/aromatic N) is 2. The molecular formula is C17H26ClN5O5. The minimum absolute atomic E-state index is 0.0150. The van der Waals surface area contributed by atoms with Gasteiger partial charge in [0.25, 0.3) is 5.91 Å². The van der Waals surface area contributed by atoms with Crippen molar-refractivity contribution in [3.63, 3.8) is 0 Å². The van der Waals surface area contributed by atoms with Crippen LogP contribution in [0.3, 0.4) is 0 Å². The van der Waals surface area contributed by atoms with Gasteiger partial charge in [0.15, 0.2) is 0 Å². The number of hydrogen-bond donors (Lipinski definition) is 3. The molecule has 0 radical (unpaired) electrons. The number of likely N-dealkylation sites (N-methyl/N-ethyl adjacent to an activating group) is 1. The van der Waals surface area contributed by atoms with Gasteiger partial charge in [-0.05, 0) is 39.4 Å². The van der Waals surface area contributed by atoms with E-state index >= 15 is 0 Å². The largest absolute Gasteiger partial charge is 0.450 e. The van der Waals surface area contributed by atoms with Crippen LogP contribution in [0.4, 0.5) is 9.59 Å². The van der Waals surface area contributed by atoms with E-state index in [4.69, 9.17) is 26.5 Å². The van der Waals surface area contributed by atoms with Crippen molar-refractivity contribution in [1.82, 2.24) is 20.4 Å². The quantitative estimate of drug-likeness (QED) is 0.462. The first-order chi connectivity index (χ1) is 13.1. The van der Waals surface area contributed by atoms with Crippen LogP contribution in [0.15, 0.2) is 11.4 Å². The lowest BCUT2D eigenvalue weighted by Gasteiger charge is -2.29. The molecule has 11 heteroatoms. The fourth-order valence-electron chi connectivity index (χ4n) is 3.02. The smallest absolute Gasteiger partial charge is 0.412 e. The Balaban J connectivity index is 2.32. The van der Waals surface area contributed by atoms with Crippen LogP contribution in [0.5, 0.6) is 0 Å². The Morgan fingerprint density at radius 3 is 2.57 bits per heavy atom. The van der Waals surface area contributed by atoms with Crippen molar-refractivity contribution in [2.24, 2.45) is 0 Å². The molecule has 0 aliphatic carbocycles. The van der Waals surface area contributed by atoms with Crippen LogP contribution in [-0.2, 0) is 14.3 Å². The maximum absolute atomic E-state index is 12.7. The van der Waals surface area contributed by atoms with Crippen LogP contribution in [0.1, 0.15) is 20.8 Å². The highest BCUT2D eigenvalue weighted by Gasteiger charge is 2.44. The second kappa shape index (κ2) is 8.89. The van der Waals surface area contributed by atoms with Crippen molar-refractivity contribution >= 4 is 34.7 Å². The Morgan fingerprint density at radius 1 is 1.36 bits per heavy atom. The number of morpholine rings is 1. The standard InChI is InChI=1S/C17H26ClN5O5/c1-5-27-16(26)21-13(20-14(24)11-9-22(4)6-7-28-11)10-8-23(15(18)25)17(2,3)12(10)19/h11,19H,5-9H2,1-4H3,(H,20,24)(H,21,26)/b13-10-,19-12?. The summed E-state index contributed by atoms with van der Waals surface area (Å²) in [6.45, 7) is 6.56. The zero-order valence-electron chi connectivity index (χ0n) is 16.4. The number of rotatable bonds is 4. The third-order valence-corrected chi connectivity index (χ3v) is 4.94.